The van der Waals surface area contributed by atoms with Crippen molar-refractivity contribution in [1.82, 2.24) is 0 Å². The predicted octanol–water partition coefficient (Wildman–Crippen LogP) is 3.21. The molecule has 1 atom stereocenters. The number of fused-ring (bicyclic) bond motifs is 1. The summed E-state index contributed by atoms with van der Waals surface area (Å²) in [5, 5.41) is 2.99. The van der Waals surface area contributed by atoms with Crippen LogP contribution in [0.1, 0.15) is 19.4 Å². The molecule has 3 heteroatoms. The Bertz CT molecular complexity index is 374. The topological polar surface area (TPSA) is 12.0 Å². The van der Waals surface area contributed by atoms with Crippen molar-refractivity contribution in [3.8, 4) is 0 Å². The first-order valence-corrected chi connectivity index (χ1v) is 5.30. The molecular weight excluding hydrogens is 196 g/mol. The van der Waals surface area contributed by atoms with E-state index in [1.165, 1.54) is 12.1 Å². The first-order valence-electron chi connectivity index (χ1n) is 5.30. The molecule has 0 fully saturated rings. The summed E-state index contributed by atoms with van der Waals surface area (Å²) >= 11 is 0. The highest BCUT2D eigenvalue weighted by Crippen LogP contribution is 2.32. The summed E-state index contributed by atoms with van der Waals surface area (Å²) in [5.41, 5.74) is 0.854. The Morgan fingerprint density at radius 2 is 1.93 bits per heavy atom. The summed E-state index contributed by atoms with van der Waals surface area (Å²) in [7, 11) is 0. The Morgan fingerprint density at radius 1 is 1.27 bits per heavy atom. The Balaban J connectivity index is 2.36. The van der Waals surface area contributed by atoms with Crippen molar-refractivity contribution >= 4 is 5.69 Å². The second-order valence-corrected chi connectivity index (χ2v) is 4.47. The van der Waals surface area contributed by atoms with Gasteiger partial charge in [0.25, 0.3) is 0 Å². The van der Waals surface area contributed by atoms with Crippen LogP contribution in [-0.2, 0) is 6.42 Å². The highest BCUT2D eigenvalue weighted by Gasteiger charge is 2.25. The van der Waals surface area contributed by atoms with Gasteiger partial charge in [-0.3, -0.25) is 0 Å². The van der Waals surface area contributed by atoms with E-state index in [-0.39, 0.29) is 11.6 Å². The van der Waals surface area contributed by atoms with E-state index in [4.69, 9.17) is 0 Å². The maximum atomic E-state index is 13.5. The van der Waals surface area contributed by atoms with Crippen LogP contribution in [-0.4, -0.2) is 6.54 Å². The van der Waals surface area contributed by atoms with Crippen molar-refractivity contribution in [1.29, 1.82) is 0 Å². The molecule has 1 aliphatic rings. The van der Waals surface area contributed by atoms with Gasteiger partial charge in [-0.05, 0) is 30.4 Å². The van der Waals surface area contributed by atoms with Gasteiger partial charge in [0, 0.05) is 12.1 Å². The second kappa shape index (κ2) is 3.80. The molecule has 1 heterocycles. The average Bonchev–Trinajstić information content (AvgIpc) is 2.23. The Morgan fingerprint density at radius 3 is 2.60 bits per heavy atom. The lowest BCUT2D eigenvalue weighted by atomic mass is 9.85. The zero-order valence-electron chi connectivity index (χ0n) is 8.98. The van der Waals surface area contributed by atoms with E-state index in [0.717, 1.165) is 6.54 Å². The molecular formula is C12H15F2N. The van der Waals surface area contributed by atoms with Crippen LogP contribution in [0.15, 0.2) is 12.1 Å². The Kier molecular flexibility index (Phi) is 2.63. The maximum Gasteiger partial charge on any atom is 0.146 e. The van der Waals surface area contributed by atoms with E-state index in [9.17, 15) is 8.78 Å². The van der Waals surface area contributed by atoms with Gasteiger partial charge in [-0.1, -0.05) is 13.8 Å². The summed E-state index contributed by atoms with van der Waals surface area (Å²) < 4.78 is 26.8. The summed E-state index contributed by atoms with van der Waals surface area (Å²) in [6.07, 6.45) is 0.629. The molecule has 1 aliphatic heterocycles. The number of nitrogens with one attached hydrogen (secondary N) is 1. The van der Waals surface area contributed by atoms with Crippen molar-refractivity contribution in [2.45, 2.75) is 20.3 Å². The van der Waals surface area contributed by atoms with Crippen LogP contribution in [0.5, 0.6) is 0 Å². The molecule has 0 aromatic heterocycles. The fourth-order valence-electron chi connectivity index (χ4n) is 2.02. The maximum absolute atomic E-state index is 13.5. The molecule has 1 unspecified atom stereocenters. The van der Waals surface area contributed by atoms with Gasteiger partial charge in [-0.15, -0.1) is 0 Å². The zero-order valence-corrected chi connectivity index (χ0v) is 8.98. The fraction of sp³-hybridized carbons (Fsp3) is 0.500. The van der Waals surface area contributed by atoms with E-state index >= 15 is 0 Å². The standard InChI is InChI=1S/C12H15F2N/c1-7(2)8-5-9-10(13)3-4-11(14)12(9)15-6-8/h3-4,7-8,15H,5-6H2,1-2H3. The minimum absolute atomic E-state index is 0.302. The van der Waals surface area contributed by atoms with Gasteiger partial charge in [-0.2, -0.15) is 0 Å². The lowest BCUT2D eigenvalue weighted by Gasteiger charge is -2.29. The number of benzene rings is 1. The minimum Gasteiger partial charge on any atom is -0.382 e. The molecule has 2 rings (SSSR count). The molecule has 0 saturated carbocycles. The highest BCUT2D eigenvalue weighted by molar-refractivity contribution is 5.55. The van der Waals surface area contributed by atoms with Crippen molar-refractivity contribution in [2.24, 2.45) is 11.8 Å². The molecule has 1 aromatic carbocycles. The minimum atomic E-state index is -0.353. The first-order chi connectivity index (χ1) is 7.09. The lowest BCUT2D eigenvalue weighted by molar-refractivity contribution is 0.384. The molecule has 82 valence electrons. The summed E-state index contributed by atoms with van der Waals surface area (Å²) in [6.45, 7) is 4.94. The molecule has 0 saturated heterocycles. The third kappa shape index (κ3) is 1.83. The quantitative estimate of drug-likeness (QED) is 0.752. The summed E-state index contributed by atoms with van der Waals surface area (Å²) in [4.78, 5) is 0. The largest absolute Gasteiger partial charge is 0.382 e. The molecule has 0 radical (unpaired) electrons. The molecule has 1 N–H and O–H groups in total. The van der Waals surface area contributed by atoms with Crippen molar-refractivity contribution < 1.29 is 8.78 Å². The lowest BCUT2D eigenvalue weighted by Crippen LogP contribution is -2.28. The van der Waals surface area contributed by atoms with Crippen LogP contribution in [0.25, 0.3) is 0 Å². The smallest absolute Gasteiger partial charge is 0.146 e. The molecule has 1 nitrogen and oxygen atoms in total. The monoisotopic (exact) mass is 211 g/mol. The number of anilines is 1. The van der Waals surface area contributed by atoms with Gasteiger partial charge in [0.1, 0.15) is 11.6 Å². The van der Waals surface area contributed by atoms with Crippen molar-refractivity contribution in [2.75, 3.05) is 11.9 Å². The first kappa shape index (κ1) is 10.4. The van der Waals surface area contributed by atoms with Crippen LogP contribution in [0, 0.1) is 23.5 Å². The van der Waals surface area contributed by atoms with Crippen LogP contribution < -0.4 is 5.32 Å². The van der Waals surface area contributed by atoms with Crippen LogP contribution in [0.4, 0.5) is 14.5 Å². The highest BCUT2D eigenvalue weighted by atomic mass is 19.1. The van der Waals surface area contributed by atoms with Crippen LogP contribution in [0.2, 0.25) is 0 Å². The molecule has 0 amide bonds. The molecule has 15 heavy (non-hydrogen) atoms. The molecule has 0 bridgehead atoms. The number of hydrogen-bond acceptors (Lipinski definition) is 1. The van der Waals surface area contributed by atoms with Gasteiger partial charge in [0.15, 0.2) is 0 Å². The van der Waals surface area contributed by atoms with Gasteiger partial charge in [0.05, 0.1) is 5.69 Å². The van der Waals surface area contributed by atoms with E-state index in [0.29, 0.717) is 29.5 Å². The van der Waals surface area contributed by atoms with Gasteiger partial charge in [-0.25, -0.2) is 8.78 Å². The van der Waals surface area contributed by atoms with Crippen molar-refractivity contribution in [3.05, 3.63) is 29.3 Å². The van der Waals surface area contributed by atoms with Crippen LogP contribution >= 0.6 is 0 Å². The van der Waals surface area contributed by atoms with Crippen molar-refractivity contribution in [3.63, 3.8) is 0 Å². The predicted molar refractivity (Wildman–Crippen MR) is 56.9 cm³/mol. The van der Waals surface area contributed by atoms with E-state index in [1.54, 1.807) is 0 Å². The normalized spacial score (nSPS) is 19.9. The fourth-order valence-corrected chi connectivity index (χ4v) is 2.02. The number of rotatable bonds is 1. The molecule has 0 aliphatic carbocycles. The van der Waals surface area contributed by atoms with Gasteiger partial charge < -0.3 is 5.32 Å². The summed E-state index contributed by atoms with van der Waals surface area (Å²) in [6, 6.07) is 2.38. The van der Waals surface area contributed by atoms with Gasteiger partial charge in [0.2, 0.25) is 0 Å². The molecule has 0 spiro atoms. The Labute approximate surface area is 88.5 Å². The third-order valence-electron chi connectivity index (χ3n) is 3.16. The number of hydrogen-bond donors (Lipinski definition) is 1. The zero-order chi connectivity index (χ0) is 11.0. The number of halogens is 2. The second-order valence-electron chi connectivity index (χ2n) is 4.47. The van der Waals surface area contributed by atoms with E-state index in [1.807, 2.05) is 0 Å². The van der Waals surface area contributed by atoms with Gasteiger partial charge >= 0.3 is 0 Å². The SMILES string of the molecule is CC(C)C1CNc2c(F)ccc(F)c2C1. The van der Waals surface area contributed by atoms with E-state index < -0.39 is 0 Å². The molecule has 1 aromatic rings. The van der Waals surface area contributed by atoms with Crippen LogP contribution in [0.3, 0.4) is 0 Å². The third-order valence-corrected chi connectivity index (χ3v) is 3.16. The Hall–Kier alpha value is -1.12. The summed E-state index contributed by atoms with van der Waals surface area (Å²) in [5.74, 6) is 0.208. The average molecular weight is 211 g/mol. The van der Waals surface area contributed by atoms with E-state index in [2.05, 4.69) is 19.2 Å².